The van der Waals surface area contributed by atoms with E-state index in [0.29, 0.717) is 5.92 Å². The molecule has 114 valence electrons. The zero-order chi connectivity index (χ0) is 15.4. The van der Waals surface area contributed by atoms with Crippen LogP contribution in [0.15, 0.2) is 24.3 Å². The number of benzene rings is 1. The Labute approximate surface area is 127 Å². The standard InChI is InChI=1S/C17H26N4/c1-6-11-18-13(4)17-14(5)21(20-19-17)16-10-8-7-9-15(16)12(2)3/h7-10,12-13,18H,6,11H2,1-5H3. The lowest BCUT2D eigenvalue weighted by molar-refractivity contribution is 0.555. The fourth-order valence-electron chi connectivity index (χ4n) is 2.60. The molecule has 2 aromatic rings. The highest BCUT2D eigenvalue weighted by molar-refractivity contribution is 5.43. The van der Waals surface area contributed by atoms with E-state index in [1.807, 2.05) is 4.68 Å². The number of para-hydroxylation sites is 1. The van der Waals surface area contributed by atoms with Crippen LogP contribution < -0.4 is 5.32 Å². The van der Waals surface area contributed by atoms with Gasteiger partial charge in [0.25, 0.3) is 0 Å². The van der Waals surface area contributed by atoms with Gasteiger partial charge in [-0.05, 0) is 44.4 Å². The molecular formula is C17H26N4. The van der Waals surface area contributed by atoms with Crippen LogP contribution in [0.1, 0.15) is 63.0 Å². The number of hydrogen-bond acceptors (Lipinski definition) is 3. The van der Waals surface area contributed by atoms with Crippen molar-refractivity contribution in [2.24, 2.45) is 0 Å². The van der Waals surface area contributed by atoms with E-state index in [1.165, 1.54) is 5.56 Å². The summed E-state index contributed by atoms with van der Waals surface area (Å²) in [5.41, 5.74) is 4.57. The van der Waals surface area contributed by atoms with E-state index in [0.717, 1.165) is 30.0 Å². The number of aromatic nitrogens is 3. The Balaban J connectivity index is 2.37. The summed E-state index contributed by atoms with van der Waals surface area (Å²) in [5.74, 6) is 0.462. The van der Waals surface area contributed by atoms with Gasteiger partial charge in [-0.2, -0.15) is 0 Å². The van der Waals surface area contributed by atoms with Crippen molar-refractivity contribution in [2.45, 2.75) is 53.0 Å². The van der Waals surface area contributed by atoms with Crippen LogP contribution in [0.5, 0.6) is 0 Å². The molecule has 21 heavy (non-hydrogen) atoms. The lowest BCUT2D eigenvalue weighted by atomic mass is 10.0. The summed E-state index contributed by atoms with van der Waals surface area (Å²) < 4.78 is 1.97. The Morgan fingerprint density at radius 1 is 1.19 bits per heavy atom. The maximum Gasteiger partial charge on any atom is 0.103 e. The van der Waals surface area contributed by atoms with Crippen molar-refractivity contribution < 1.29 is 0 Å². The van der Waals surface area contributed by atoms with Gasteiger partial charge in [0.1, 0.15) is 5.69 Å². The van der Waals surface area contributed by atoms with Crippen LogP contribution in [0.2, 0.25) is 0 Å². The largest absolute Gasteiger partial charge is 0.309 e. The smallest absolute Gasteiger partial charge is 0.103 e. The highest BCUT2D eigenvalue weighted by Crippen LogP contribution is 2.25. The van der Waals surface area contributed by atoms with E-state index in [1.54, 1.807) is 0 Å². The molecule has 0 radical (unpaired) electrons. The van der Waals surface area contributed by atoms with Crippen molar-refractivity contribution in [1.82, 2.24) is 20.3 Å². The van der Waals surface area contributed by atoms with Crippen LogP contribution in [-0.4, -0.2) is 21.5 Å². The zero-order valence-electron chi connectivity index (χ0n) is 13.7. The van der Waals surface area contributed by atoms with Gasteiger partial charge >= 0.3 is 0 Å². The molecule has 0 spiro atoms. The molecule has 1 N–H and O–H groups in total. The lowest BCUT2D eigenvalue weighted by Crippen LogP contribution is -2.20. The summed E-state index contributed by atoms with van der Waals surface area (Å²) in [6.07, 6.45) is 1.12. The molecule has 2 rings (SSSR count). The van der Waals surface area contributed by atoms with E-state index in [2.05, 4.69) is 74.5 Å². The van der Waals surface area contributed by atoms with E-state index >= 15 is 0 Å². The summed E-state index contributed by atoms with van der Waals surface area (Å²) >= 11 is 0. The van der Waals surface area contributed by atoms with Gasteiger partial charge in [0.05, 0.1) is 17.4 Å². The Morgan fingerprint density at radius 3 is 2.57 bits per heavy atom. The van der Waals surface area contributed by atoms with Gasteiger partial charge in [0, 0.05) is 0 Å². The Bertz CT molecular complexity index is 586. The molecule has 0 amide bonds. The predicted molar refractivity (Wildman–Crippen MR) is 86.9 cm³/mol. The molecule has 1 aromatic heterocycles. The van der Waals surface area contributed by atoms with Gasteiger partial charge in [-0.25, -0.2) is 4.68 Å². The predicted octanol–water partition coefficient (Wildman–Crippen LogP) is 3.76. The minimum absolute atomic E-state index is 0.227. The fraction of sp³-hybridized carbons (Fsp3) is 0.529. The monoisotopic (exact) mass is 286 g/mol. The van der Waals surface area contributed by atoms with Gasteiger partial charge in [0.2, 0.25) is 0 Å². The summed E-state index contributed by atoms with van der Waals surface area (Å²) in [6, 6.07) is 8.65. The average molecular weight is 286 g/mol. The summed E-state index contributed by atoms with van der Waals surface area (Å²) in [5, 5.41) is 12.3. The number of nitrogens with zero attached hydrogens (tertiary/aromatic N) is 3. The molecular weight excluding hydrogens is 260 g/mol. The molecule has 0 aliphatic heterocycles. The first-order chi connectivity index (χ1) is 10.1. The van der Waals surface area contributed by atoms with Crippen molar-refractivity contribution in [2.75, 3.05) is 6.54 Å². The van der Waals surface area contributed by atoms with Crippen molar-refractivity contribution in [3.63, 3.8) is 0 Å². The molecule has 0 saturated carbocycles. The Kier molecular flexibility index (Phi) is 5.12. The zero-order valence-corrected chi connectivity index (χ0v) is 13.7. The quantitative estimate of drug-likeness (QED) is 0.879. The van der Waals surface area contributed by atoms with Gasteiger partial charge in [-0.3, -0.25) is 0 Å². The lowest BCUT2D eigenvalue weighted by Gasteiger charge is -2.14. The second-order valence-corrected chi connectivity index (χ2v) is 5.86. The van der Waals surface area contributed by atoms with E-state index in [9.17, 15) is 0 Å². The van der Waals surface area contributed by atoms with E-state index < -0.39 is 0 Å². The van der Waals surface area contributed by atoms with Gasteiger partial charge in [0.15, 0.2) is 0 Å². The first kappa shape index (κ1) is 15.7. The molecule has 1 heterocycles. The topological polar surface area (TPSA) is 42.7 Å². The minimum Gasteiger partial charge on any atom is -0.309 e. The summed E-state index contributed by atoms with van der Waals surface area (Å²) in [4.78, 5) is 0. The first-order valence-corrected chi connectivity index (χ1v) is 7.81. The summed E-state index contributed by atoms with van der Waals surface area (Å²) in [7, 11) is 0. The number of hydrogen-bond donors (Lipinski definition) is 1. The molecule has 0 aliphatic rings. The highest BCUT2D eigenvalue weighted by atomic mass is 15.4. The van der Waals surface area contributed by atoms with Crippen molar-refractivity contribution in [1.29, 1.82) is 0 Å². The van der Waals surface area contributed by atoms with Crippen molar-refractivity contribution in [3.05, 3.63) is 41.2 Å². The molecule has 0 fully saturated rings. The third-order valence-corrected chi connectivity index (χ3v) is 3.83. The molecule has 0 aliphatic carbocycles. The highest BCUT2D eigenvalue weighted by Gasteiger charge is 2.17. The maximum absolute atomic E-state index is 4.40. The molecule has 4 heteroatoms. The second-order valence-electron chi connectivity index (χ2n) is 5.86. The molecule has 0 saturated heterocycles. The van der Waals surface area contributed by atoms with Gasteiger partial charge < -0.3 is 5.32 Å². The van der Waals surface area contributed by atoms with Crippen LogP contribution in [0.4, 0.5) is 0 Å². The Morgan fingerprint density at radius 2 is 1.90 bits per heavy atom. The minimum atomic E-state index is 0.227. The molecule has 1 unspecified atom stereocenters. The maximum atomic E-state index is 4.40. The molecule has 4 nitrogen and oxygen atoms in total. The van der Waals surface area contributed by atoms with Crippen molar-refractivity contribution in [3.8, 4) is 5.69 Å². The van der Waals surface area contributed by atoms with Crippen LogP contribution in [0, 0.1) is 6.92 Å². The number of rotatable bonds is 6. The van der Waals surface area contributed by atoms with E-state index in [4.69, 9.17) is 0 Å². The van der Waals surface area contributed by atoms with E-state index in [-0.39, 0.29) is 6.04 Å². The van der Waals surface area contributed by atoms with Crippen molar-refractivity contribution >= 4 is 0 Å². The molecule has 1 aromatic carbocycles. The first-order valence-electron chi connectivity index (χ1n) is 7.81. The average Bonchev–Trinajstić information content (AvgIpc) is 2.86. The van der Waals surface area contributed by atoms with Crippen LogP contribution in [0.3, 0.4) is 0 Å². The van der Waals surface area contributed by atoms with Crippen LogP contribution in [-0.2, 0) is 0 Å². The normalized spacial score (nSPS) is 12.9. The van der Waals surface area contributed by atoms with Gasteiger partial charge in [-0.1, -0.05) is 44.2 Å². The third-order valence-electron chi connectivity index (χ3n) is 3.83. The van der Waals surface area contributed by atoms with Crippen LogP contribution in [0.25, 0.3) is 5.69 Å². The third kappa shape index (κ3) is 3.32. The van der Waals surface area contributed by atoms with Gasteiger partial charge in [-0.15, -0.1) is 5.10 Å². The Hall–Kier alpha value is -1.68. The molecule has 0 bridgehead atoms. The second kappa shape index (κ2) is 6.85. The molecule has 1 atom stereocenters. The number of nitrogens with one attached hydrogen (secondary N) is 1. The van der Waals surface area contributed by atoms with Crippen LogP contribution >= 0.6 is 0 Å². The fourth-order valence-corrected chi connectivity index (χ4v) is 2.60. The summed E-state index contributed by atoms with van der Waals surface area (Å²) in [6.45, 7) is 11.8. The SMILES string of the molecule is CCCNC(C)c1nnn(-c2ccccc2C(C)C)c1C.